The lowest BCUT2D eigenvalue weighted by Crippen LogP contribution is -2.58. The molecule has 1 aromatic heterocycles. The van der Waals surface area contributed by atoms with Gasteiger partial charge in [-0.3, -0.25) is 19.1 Å². The van der Waals surface area contributed by atoms with E-state index in [4.69, 9.17) is 10.5 Å². The second-order valence-corrected chi connectivity index (χ2v) is 15.5. The van der Waals surface area contributed by atoms with Crippen LogP contribution in [0.5, 0.6) is 5.88 Å². The first-order valence-electron chi connectivity index (χ1n) is 16.1. The number of benzene rings is 1. The number of carbonyl (C=O) groups excluding carboxylic acids is 3. The summed E-state index contributed by atoms with van der Waals surface area (Å²) in [5.74, 6) is -2.46. The summed E-state index contributed by atoms with van der Waals surface area (Å²) in [6.07, 6.45) is 8.50. The highest BCUT2D eigenvalue weighted by Crippen LogP contribution is 2.47. The zero-order valence-corrected chi connectivity index (χ0v) is 26.9. The largest absolute Gasteiger partial charge is 0.471 e. The van der Waals surface area contributed by atoms with Crippen molar-refractivity contribution in [3.63, 3.8) is 0 Å². The number of nitrogens with zero attached hydrogens (tertiary/aromatic N) is 3. The van der Waals surface area contributed by atoms with Gasteiger partial charge in [0.2, 0.25) is 27.7 Å². The molecule has 46 heavy (non-hydrogen) atoms. The Kier molecular flexibility index (Phi) is 8.55. The predicted molar refractivity (Wildman–Crippen MR) is 167 cm³/mol. The average Bonchev–Trinajstić information content (AvgIpc) is 3.89. The molecule has 1 aromatic carbocycles. The molecule has 3 heterocycles. The zero-order chi connectivity index (χ0) is 32.9. The maximum atomic E-state index is 14.0. The highest BCUT2D eigenvalue weighted by atomic mass is 32.2. The van der Waals surface area contributed by atoms with Crippen molar-refractivity contribution in [2.24, 2.45) is 11.7 Å². The summed E-state index contributed by atoms with van der Waals surface area (Å²) in [6, 6.07) is 2.25. The van der Waals surface area contributed by atoms with Gasteiger partial charge in [0, 0.05) is 18.4 Å². The van der Waals surface area contributed by atoms with Crippen molar-refractivity contribution in [3.8, 4) is 5.88 Å². The van der Waals surface area contributed by atoms with Gasteiger partial charge in [-0.2, -0.15) is 0 Å². The van der Waals surface area contributed by atoms with E-state index >= 15 is 0 Å². The quantitative estimate of drug-likeness (QED) is 0.395. The Balaban J connectivity index is 1.28. The number of nitrogens with two attached hydrogens (primary N) is 1. The molecular weight excluding hydrogens is 615 g/mol. The van der Waals surface area contributed by atoms with Gasteiger partial charge in [-0.1, -0.05) is 31.9 Å². The minimum atomic E-state index is -3.94. The number of amides is 3. The van der Waals surface area contributed by atoms with Crippen LogP contribution in [0.2, 0.25) is 0 Å². The molecule has 0 radical (unpaired) electrons. The molecular formula is C32H41FN6O6S. The highest BCUT2D eigenvalue weighted by molar-refractivity contribution is 7.91. The van der Waals surface area contributed by atoms with Crippen LogP contribution in [-0.2, 0) is 30.8 Å². The van der Waals surface area contributed by atoms with Crippen LogP contribution in [0, 0.1) is 11.7 Å². The van der Waals surface area contributed by atoms with E-state index in [1.165, 1.54) is 17.0 Å². The van der Waals surface area contributed by atoms with E-state index in [0.717, 1.165) is 25.7 Å². The maximum absolute atomic E-state index is 14.0. The number of carbonyl (C=O) groups is 3. The topological polar surface area (TPSA) is 174 Å². The fourth-order valence-electron chi connectivity index (χ4n) is 6.37. The molecule has 6 rings (SSSR count). The van der Waals surface area contributed by atoms with Gasteiger partial charge in [-0.05, 0) is 64.0 Å². The van der Waals surface area contributed by atoms with Crippen LogP contribution in [0.4, 0.5) is 4.39 Å². The molecule has 4 N–H and O–H groups in total. The molecule has 0 bridgehead atoms. The Hall–Kier alpha value is -3.65. The lowest BCUT2D eigenvalue weighted by Gasteiger charge is -2.28. The van der Waals surface area contributed by atoms with Gasteiger partial charge in [0.05, 0.1) is 28.4 Å². The van der Waals surface area contributed by atoms with Gasteiger partial charge < -0.3 is 20.7 Å². The molecule has 4 aliphatic rings. The van der Waals surface area contributed by atoms with Crippen LogP contribution >= 0.6 is 0 Å². The number of halogens is 1. The Morgan fingerprint density at radius 1 is 1.20 bits per heavy atom. The predicted octanol–water partition coefficient (Wildman–Crippen LogP) is 2.40. The third-order valence-electron chi connectivity index (χ3n) is 9.79. The van der Waals surface area contributed by atoms with Gasteiger partial charge in [0.25, 0.3) is 5.91 Å². The summed E-state index contributed by atoms with van der Waals surface area (Å²) < 4.78 is 47.4. The fourth-order valence-corrected chi connectivity index (χ4v) is 7.68. The number of hydrogen-bond donors (Lipinski definition) is 3. The first-order chi connectivity index (χ1) is 21.9. The summed E-state index contributed by atoms with van der Waals surface area (Å²) in [4.78, 5) is 51.8. The number of ether oxygens (including phenoxy) is 1. The van der Waals surface area contributed by atoms with Crippen molar-refractivity contribution < 1.29 is 31.9 Å². The van der Waals surface area contributed by atoms with E-state index in [2.05, 4.69) is 20.0 Å². The van der Waals surface area contributed by atoms with Crippen molar-refractivity contribution in [3.05, 3.63) is 41.9 Å². The summed E-state index contributed by atoms with van der Waals surface area (Å²) in [5.41, 5.74) is 6.24. The van der Waals surface area contributed by atoms with Crippen molar-refractivity contribution >= 4 is 38.8 Å². The molecule has 2 aliphatic carbocycles. The molecule has 12 nitrogen and oxygen atoms in total. The average molecular weight is 657 g/mol. The van der Waals surface area contributed by atoms with Crippen LogP contribution in [0.3, 0.4) is 0 Å². The van der Waals surface area contributed by atoms with Crippen molar-refractivity contribution in [1.82, 2.24) is 24.9 Å². The minimum Gasteiger partial charge on any atom is -0.471 e. The van der Waals surface area contributed by atoms with Gasteiger partial charge in [0.15, 0.2) is 0 Å². The molecule has 14 heteroatoms. The van der Waals surface area contributed by atoms with Gasteiger partial charge in [-0.25, -0.2) is 22.8 Å². The van der Waals surface area contributed by atoms with Crippen molar-refractivity contribution in [2.45, 2.75) is 107 Å². The normalized spacial score (nSPS) is 30.3. The molecule has 2 aliphatic heterocycles. The molecule has 2 aromatic rings. The zero-order valence-electron chi connectivity index (χ0n) is 26.1. The SMILES string of the molecule is CCc1nc2ccc(F)cc2nc1O[C@@H]1C[C@H]2C(=O)N[C@]3(C(=O)NS(=O)(=O)C4(C)CC4)C[C@H]3/C=C\CCCCC[C@H](N)C(=O)N2C1. The van der Waals surface area contributed by atoms with E-state index < -0.39 is 68.0 Å². The number of fused-ring (bicyclic) bond motifs is 3. The van der Waals surface area contributed by atoms with Crippen molar-refractivity contribution in [2.75, 3.05) is 6.54 Å². The monoisotopic (exact) mass is 656 g/mol. The summed E-state index contributed by atoms with van der Waals surface area (Å²) in [5, 5.41) is 2.85. The number of aryl methyl sites for hydroxylation is 1. The van der Waals surface area contributed by atoms with Crippen LogP contribution in [-0.4, -0.2) is 76.0 Å². The van der Waals surface area contributed by atoms with E-state index in [0.29, 0.717) is 42.4 Å². The Morgan fingerprint density at radius 2 is 1.98 bits per heavy atom. The molecule has 3 fully saturated rings. The van der Waals surface area contributed by atoms with Gasteiger partial charge in [0.1, 0.15) is 29.2 Å². The smallest absolute Gasteiger partial charge is 0.259 e. The third-order valence-corrected chi connectivity index (χ3v) is 12.0. The standard InChI is InChI=1S/C32H41FN6O6S/c1-3-23-28(36-25-15-20(33)11-12-24(25)35-23)45-21-16-26-27(40)37-32(30(42)38-46(43,44)31(2)13-14-31)17-19(32)9-7-5-4-6-8-10-22(34)29(41)39(26)18-21/h7,9,11-12,15,19,21-22,26H,3-6,8,10,13-14,16-18,34H2,1-2H3,(H,37,40)(H,38,42)/b9-7-/t19-,21-,22+,26+,32-/m1/s1. The van der Waals surface area contributed by atoms with E-state index in [1.54, 1.807) is 13.0 Å². The molecule has 0 spiro atoms. The second-order valence-electron chi connectivity index (χ2n) is 13.3. The number of allylic oxidation sites excluding steroid dienone is 1. The highest BCUT2D eigenvalue weighted by Gasteiger charge is 2.63. The van der Waals surface area contributed by atoms with Gasteiger partial charge in [-0.15, -0.1) is 0 Å². The fraction of sp³-hybridized carbons (Fsp3) is 0.594. The summed E-state index contributed by atoms with van der Waals surface area (Å²) in [6.45, 7) is 3.51. The number of aromatic nitrogens is 2. The lowest BCUT2D eigenvalue weighted by molar-refractivity contribution is -0.140. The number of rotatable bonds is 6. The third kappa shape index (κ3) is 6.20. The van der Waals surface area contributed by atoms with E-state index in [1.807, 2.05) is 19.1 Å². The van der Waals surface area contributed by atoms with Gasteiger partial charge >= 0.3 is 0 Å². The second kappa shape index (κ2) is 12.2. The molecule has 1 saturated heterocycles. The Morgan fingerprint density at radius 3 is 2.72 bits per heavy atom. The van der Waals surface area contributed by atoms with Crippen LogP contribution in [0.15, 0.2) is 30.4 Å². The first-order valence-corrected chi connectivity index (χ1v) is 17.6. The molecule has 5 atom stereocenters. The number of hydrogen-bond acceptors (Lipinski definition) is 9. The van der Waals surface area contributed by atoms with Crippen LogP contribution < -0.4 is 20.5 Å². The maximum Gasteiger partial charge on any atom is 0.259 e. The Bertz CT molecular complexity index is 1700. The van der Waals surface area contributed by atoms with Crippen molar-refractivity contribution in [1.29, 1.82) is 0 Å². The first kappa shape index (κ1) is 32.3. The Labute approximate surface area is 267 Å². The van der Waals surface area contributed by atoms with E-state index in [9.17, 15) is 27.2 Å². The van der Waals surface area contributed by atoms with Crippen LogP contribution in [0.1, 0.15) is 77.3 Å². The molecule has 248 valence electrons. The number of nitrogens with one attached hydrogen (secondary N) is 2. The molecule has 0 unspecified atom stereocenters. The number of sulfonamides is 1. The van der Waals surface area contributed by atoms with Crippen LogP contribution in [0.25, 0.3) is 11.0 Å². The van der Waals surface area contributed by atoms with E-state index in [-0.39, 0.29) is 25.3 Å². The summed E-state index contributed by atoms with van der Waals surface area (Å²) >= 11 is 0. The summed E-state index contributed by atoms with van der Waals surface area (Å²) in [7, 11) is -3.94. The molecule has 2 saturated carbocycles. The lowest BCUT2D eigenvalue weighted by atomic mass is 10.1. The molecule has 3 amide bonds. The minimum absolute atomic E-state index is 0.0336.